The Labute approximate surface area is 122 Å². The van der Waals surface area contributed by atoms with E-state index in [9.17, 15) is 4.79 Å². The van der Waals surface area contributed by atoms with E-state index < -0.39 is 0 Å². The molecule has 20 heavy (non-hydrogen) atoms. The smallest absolute Gasteiger partial charge is 0.236 e. The lowest BCUT2D eigenvalue weighted by Crippen LogP contribution is -2.37. The summed E-state index contributed by atoms with van der Waals surface area (Å²) in [5, 5.41) is 3.18. The van der Waals surface area contributed by atoms with Gasteiger partial charge in [0.25, 0.3) is 0 Å². The molecule has 0 atom stereocenters. The van der Waals surface area contributed by atoms with Crippen molar-refractivity contribution in [3.05, 3.63) is 29.8 Å². The number of nitrogens with one attached hydrogen (secondary N) is 1. The monoisotopic (exact) mass is 278 g/mol. The van der Waals surface area contributed by atoms with Crippen LogP contribution in [0, 0.1) is 0 Å². The number of nitrogens with zero attached hydrogens (tertiary/aromatic N) is 1. The van der Waals surface area contributed by atoms with Gasteiger partial charge in [-0.05, 0) is 45.4 Å². The zero-order chi connectivity index (χ0) is 15.0. The third kappa shape index (κ3) is 5.61. The van der Waals surface area contributed by atoms with Crippen LogP contribution in [0.2, 0.25) is 0 Å². The van der Waals surface area contributed by atoms with Gasteiger partial charge >= 0.3 is 0 Å². The Morgan fingerprint density at radius 2 is 1.80 bits per heavy atom. The fourth-order valence-electron chi connectivity index (χ4n) is 1.96. The highest BCUT2D eigenvalue weighted by Crippen LogP contribution is 2.13. The highest BCUT2D eigenvalue weighted by atomic mass is 16.5. The third-order valence-corrected chi connectivity index (χ3v) is 3.02. The van der Waals surface area contributed by atoms with Crippen LogP contribution in [0.4, 0.5) is 0 Å². The second-order valence-corrected chi connectivity index (χ2v) is 4.98. The lowest BCUT2D eigenvalue weighted by molar-refractivity contribution is -0.129. The van der Waals surface area contributed by atoms with Gasteiger partial charge in [-0.25, -0.2) is 0 Å². The summed E-state index contributed by atoms with van der Waals surface area (Å²) in [6.07, 6.45) is 0.186. The zero-order valence-corrected chi connectivity index (χ0v) is 13.0. The molecule has 0 aliphatic heterocycles. The quantitative estimate of drug-likeness (QED) is 0.794. The van der Waals surface area contributed by atoms with Gasteiger partial charge in [-0.2, -0.15) is 0 Å². The number of ether oxygens (including phenoxy) is 1. The maximum Gasteiger partial charge on any atom is 0.236 e. The fourth-order valence-corrected chi connectivity index (χ4v) is 1.96. The van der Waals surface area contributed by atoms with Crippen molar-refractivity contribution >= 4 is 5.91 Å². The van der Waals surface area contributed by atoms with Crippen LogP contribution in [0.25, 0.3) is 0 Å². The van der Waals surface area contributed by atoms with E-state index in [0.29, 0.717) is 13.1 Å². The van der Waals surface area contributed by atoms with E-state index in [0.717, 1.165) is 24.4 Å². The van der Waals surface area contributed by atoms with Gasteiger partial charge in [-0.15, -0.1) is 0 Å². The largest absolute Gasteiger partial charge is 0.491 e. The topological polar surface area (TPSA) is 41.6 Å². The number of hydrogen-bond donors (Lipinski definition) is 1. The van der Waals surface area contributed by atoms with Crippen molar-refractivity contribution in [2.75, 3.05) is 19.6 Å². The molecule has 1 rings (SSSR count). The number of hydrogen-bond acceptors (Lipinski definition) is 3. The molecule has 0 spiro atoms. The molecule has 1 aromatic carbocycles. The van der Waals surface area contributed by atoms with Crippen molar-refractivity contribution in [1.82, 2.24) is 10.2 Å². The van der Waals surface area contributed by atoms with E-state index in [2.05, 4.69) is 5.32 Å². The van der Waals surface area contributed by atoms with Crippen LogP contribution in [0.5, 0.6) is 5.75 Å². The minimum atomic E-state index is 0.148. The first kappa shape index (κ1) is 16.5. The van der Waals surface area contributed by atoms with Crippen molar-refractivity contribution in [2.45, 2.75) is 40.3 Å². The van der Waals surface area contributed by atoms with Crippen molar-refractivity contribution in [3.8, 4) is 5.75 Å². The first-order valence-electron chi connectivity index (χ1n) is 7.30. The van der Waals surface area contributed by atoms with Gasteiger partial charge in [0, 0.05) is 19.6 Å². The summed E-state index contributed by atoms with van der Waals surface area (Å²) in [6, 6.07) is 7.96. The number of benzene rings is 1. The molecule has 0 unspecified atom stereocenters. The summed E-state index contributed by atoms with van der Waals surface area (Å²) in [6.45, 7) is 10.6. The molecule has 4 heteroatoms. The Balaban J connectivity index is 2.37. The molecule has 0 aliphatic carbocycles. The van der Waals surface area contributed by atoms with Gasteiger partial charge in [0.1, 0.15) is 5.75 Å². The van der Waals surface area contributed by atoms with Crippen molar-refractivity contribution in [1.29, 1.82) is 0 Å². The number of carbonyl (C=O) groups is 1. The Hall–Kier alpha value is -1.55. The normalized spacial score (nSPS) is 10.7. The fraction of sp³-hybridized carbons (Fsp3) is 0.562. The van der Waals surface area contributed by atoms with Crippen LogP contribution in [0.3, 0.4) is 0 Å². The second-order valence-electron chi connectivity index (χ2n) is 4.98. The minimum absolute atomic E-state index is 0.148. The van der Waals surface area contributed by atoms with E-state index in [4.69, 9.17) is 4.74 Å². The summed E-state index contributed by atoms with van der Waals surface area (Å²) >= 11 is 0. The van der Waals surface area contributed by atoms with Crippen molar-refractivity contribution in [2.24, 2.45) is 0 Å². The van der Waals surface area contributed by atoms with E-state index in [1.54, 1.807) is 0 Å². The zero-order valence-electron chi connectivity index (χ0n) is 13.0. The predicted molar refractivity (Wildman–Crippen MR) is 81.8 cm³/mol. The van der Waals surface area contributed by atoms with E-state index >= 15 is 0 Å². The average molecular weight is 278 g/mol. The summed E-state index contributed by atoms with van der Waals surface area (Å²) in [5.41, 5.74) is 1.15. The SMILES string of the molecule is CCN(CC)C(=O)CNCc1ccc(OC(C)C)cc1. The third-order valence-electron chi connectivity index (χ3n) is 3.02. The summed E-state index contributed by atoms with van der Waals surface area (Å²) in [5.74, 6) is 1.03. The Morgan fingerprint density at radius 3 is 2.30 bits per heavy atom. The van der Waals surface area contributed by atoms with Gasteiger partial charge in [0.15, 0.2) is 0 Å². The van der Waals surface area contributed by atoms with Gasteiger partial charge in [-0.1, -0.05) is 12.1 Å². The summed E-state index contributed by atoms with van der Waals surface area (Å²) in [7, 11) is 0. The van der Waals surface area contributed by atoms with E-state index in [1.807, 2.05) is 56.9 Å². The van der Waals surface area contributed by atoms with Crippen LogP contribution in [0.15, 0.2) is 24.3 Å². The number of rotatable bonds is 8. The summed E-state index contributed by atoms with van der Waals surface area (Å²) in [4.78, 5) is 13.6. The van der Waals surface area contributed by atoms with Gasteiger partial charge in [0.05, 0.1) is 12.6 Å². The molecule has 1 aromatic rings. The molecule has 4 nitrogen and oxygen atoms in total. The lowest BCUT2D eigenvalue weighted by Gasteiger charge is -2.18. The molecule has 112 valence electrons. The van der Waals surface area contributed by atoms with Gasteiger partial charge in [0.2, 0.25) is 5.91 Å². The molecule has 0 saturated heterocycles. The predicted octanol–water partition coefficient (Wildman–Crippen LogP) is 2.43. The molecule has 1 N–H and O–H groups in total. The molecule has 0 heterocycles. The molecule has 0 fully saturated rings. The van der Waals surface area contributed by atoms with E-state index in [-0.39, 0.29) is 12.0 Å². The first-order chi connectivity index (χ1) is 9.56. The first-order valence-corrected chi connectivity index (χ1v) is 7.30. The van der Waals surface area contributed by atoms with Crippen molar-refractivity contribution < 1.29 is 9.53 Å². The molecular formula is C16H26N2O2. The maximum atomic E-state index is 11.8. The molecule has 0 aromatic heterocycles. The van der Waals surface area contributed by atoms with Crippen LogP contribution in [-0.4, -0.2) is 36.5 Å². The Kier molecular flexibility index (Phi) is 7.09. The Bertz CT molecular complexity index is 397. The molecule has 0 aliphatic rings. The van der Waals surface area contributed by atoms with Crippen LogP contribution in [-0.2, 0) is 11.3 Å². The highest BCUT2D eigenvalue weighted by Gasteiger charge is 2.08. The highest BCUT2D eigenvalue weighted by molar-refractivity contribution is 5.78. The van der Waals surface area contributed by atoms with Crippen LogP contribution in [0.1, 0.15) is 33.3 Å². The van der Waals surface area contributed by atoms with Crippen LogP contribution >= 0.6 is 0 Å². The molecule has 0 bridgehead atoms. The standard InChI is InChI=1S/C16H26N2O2/c1-5-18(6-2)16(19)12-17-11-14-7-9-15(10-8-14)20-13(3)4/h7-10,13,17H,5-6,11-12H2,1-4H3. The maximum absolute atomic E-state index is 11.8. The number of carbonyl (C=O) groups excluding carboxylic acids is 1. The van der Waals surface area contributed by atoms with Crippen molar-refractivity contribution in [3.63, 3.8) is 0 Å². The van der Waals surface area contributed by atoms with E-state index in [1.165, 1.54) is 0 Å². The number of likely N-dealkylation sites (N-methyl/N-ethyl adjacent to an activating group) is 1. The average Bonchev–Trinajstić information content (AvgIpc) is 2.41. The summed E-state index contributed by atoms with van der Waals surface area (Å²) < 4.78 is 5.59. The number of amides is 1. The second kappa shape index (κ2) is 8.59. The Morgan fingerprint density at radius 1 is 1.20 bits per heavy atom. The molecule has 1 amide bonds. The molecular weight excluding hydrogens is 252 g/mol. The lowest BCUT2D eigenvalue weighted by atomic mass is 10.2. The van der Waals surface area contributed by atoms with Gasteiger partial charge in [-0.3, -0.25) is 4.79 Å². The minimum Gasteiger partial charge on any atom is -0.491 e. The van der Waals surface area contributed by atoms with Crippen LogP contribution < -0.4 is 10.1 Å². The van der Waals surface area contributed by atoms with Gasteiger partial charge < -0.3 is 15.0 Å². The molecule has 0 saturated carbocycles. The molecule has 0 radical (unpaired) electrons.